The predicted molar refractivity (Wildman–Crippen MR) is 65.5 cm³/mol. The highest BCUT2D eigenvalue weighted by atomic mass is 16.5. The molecule has 2 unspecified atom stereocenters. The topological polar surface area (TPSA) is 75.8 Å². The van der Waals surface area contributed by atoms with E-state index in [4.69, 9.17) is 10.5 Å². The molecule has 0 aromatic rings. The van der Waals surface area contributed by atoms with Crippen molar-refractivity contribution in [3.8, 4) is 0 Å². The third-order valence-electron chi connectivity index (χ3n) is 3.48. The van der Waals surface area contributed by atoms with Crippen molar-refractivity contribution in [3.05, 3.63) is 0 Å². The van der Waals surface area contributed by atoms with Crippen LogP contribution in [0.5, 0.6) is 0 Å². The van der Waals surface area contributed by atoms with Gasteiger partial charge in [-0.15, -0.1) is 0 Å². The van der Waals surface area contributed by atoms with E-state index in [-0.39, 0.29) is 12.0 Å². The maximum absolute atomic E-state index is 12.0. The highest BCUT2D eigenvalue weighted by Crippen LogP contribution is 2.20. The summed E-state index contributed by atoms with van der Waals surface area (Å²) in [6.07, 6.45) is 2.00. The van der Waals surface area contributed by atoms with Gasteiger partial charge in [0, 0.05) is 26.8 Å². The Morgan fingerprint density at radius 3 is 2.59 bits per heavy atom. The van der Waals surface area contributed by atoms with Gasteiger partial charge in [0.25, 0.3) is 0 Å². The lowest BCUT2D eigenvalue weighted by molar-refractivity contribution is -0.134. The maximum Gasteiger partial charge on any atom is 0.239 e. The molecule has 5 heteroatoms. The van der Waals surface area contributed by atoms with E-state index in [1.165, 1.54) is 0 Å². The van der Waals surface area contributed by atoms with E-state index < -0.39 is 6.04 Å². The number of carbonyl (C=O) groups excluding carboxylic acids is 1. The number of aliphatic hydroxyl groups excluding tert-OH is 1. The summed E-state index contributed by atoms with van der Waals surface area (Å²) in [6, 6.07) is -0.460. The Hall–Kier alpha value is -0.650. The number of rotatable bonds is 5. The first kappa shape index (κ1) is 14.4. The van der Waals surface area contributed by atoms with Crippen molar-refractivity contribution < 1.29 is 14.6 Å². The van der Waals surface area contributed by atoms with Gasteiger partial charge in [0.15, 0.2) is 0 Å². The van der Waals surface area contributed by atoms with Crippen LogP contribution in [-0.4, -0.2) is 54.9 Å². The molecule has 2 atom stereocenters. The van der Waals surface area contributed by atoms with Crippen LogP contribution in [0, 0.1) is 5.92 Å². The maximum atomic E-state index is 12.0. The molecule has 1 rings (SSSR count). The number of likely N-dealkylation sites (tertiary alicyclic amines) is 1. The van der Waals surface area contributed by atoms with Gasteiger partial charge >= 0.3 is 0 Å². The van der Waals surface area contributed by atoms with E-state index in [1.807, 2.05) is 6.92 Å². The van der Waals surface area contributed by atoms with Crippen molar-refractivity contribution in [3.63, 3.8) is 0 Å². The first-order valence-corrected chi connectivity index (χ1v) is 6.27. The van der Waals surface area contributed by atoms with Crippen LogP contribution in [0.1, 0.15) is 26.2 Å². The van der Waals surface area contributed by atoms with Gasteiger partial charge in [-0.1, -0.05) is 0 Å². The van der Waals surface area contributed by atoms with Crippen LogP contribution in [0.3, 0.4) is 0 Å². The number of nitrogens with zero attached hydrogens (tertiary/aromatic N) is 1. The molecule has 1 amide bonds. The molecule has 1 aliphatic rings. The van der Waals surface area contributed by atoms with Gasteiger partial charge in [0.2, 0.25) is 5.91 Å². The van der Waals surface area contributed by atoms with Gasteiger partial charge in [-0.05, 0) is 32.1 Å². The van der Waals surface area contributed by atoms with E-state index in [0.29, 0.717) is 32.0 Å². The largest absolute Gasteiger partial charge is 0.393 e. The minimum absolute atomic E-state index is 0.00564. The molecule has 0 saturated carbocycles. The average molecular weight is 244 g/mol. The smallest absolute Gasteiger partial charge is 0.239 e. The van der Waals surface area contributed by atoms with Crippen molar-refractivity contribution in [2.75, 3.05) is 26.8 Å². The summed E-state index contributed by atoms with van der Waals surface area (Å²) in [5, 5.41) is 9.48. The van der Waals surface area contributed by atoms with Gasteiger partial charge in [-0.25, -0.2) is 0 Å². The predicted octanol–water partition coefficient (Wildman–Crippen LogP) is -0.0304. The second-order valence-corrected chi connectivity index (χ2v) is 4.79. The molecule has 0 radical (unpaired) electrons. The second-order valence-electron chi connectivity index (χ2n) is 4.79. The zero-order valence-electron chi connectivity index (χ0n) is 10.8. The lowest BCUT2D eigenvalue weighted by Crippen LogP contribution is -2.48. The Labute approximate surface area is 103 Å². The van der Waals surface area contributed by atoms with Crippen molar-refractivity contribution in [1.82, 2.24) is 4.90 Å². The van der Waals surface area contributed by atoms with Gasteiger partial charge < -0.3 is 20.5 Å². The number of hydrogen-bond donors (Lipinski definition) is 2. The fourth-order valence-electron chi connectivity index (χ4n) is 2.21. The van der Waals surface area contributed by atoms with Gasteiger partial charge in [-0.2, -0.15) is 0 Å². The average Bonchev–Trinajstić information content (AvgIpc) is 2.35. The van der Waals surface area contributed by atoms with E-state index in [1.54, 1.807) is 12.0 Å². The summed E-state index contributed by atoms with van der Waals surface area (Å²) in [6.45, 7) is 3.73. The third-order valence-corrected chi connectivity index (χ3v) is 3.48. The Balaban J connectivity index is 2.35. The van der Waals surface area contributed by atoms with E-state index in [2.05, 4.69) is 0 Å². The lowest BCUT2D eigenvalue weighted by Gasteiger charge is -2.34. The number of aliphatic hydroxyl groups is 1. The summed E-state index contributed by atoms with van der Waals surface area (Å²) in [7, 11) is 1.60. The molecule has 1 fully saturated rings. The SMILES string of the molecule is COCCC(N)C(=O)N1CCC(C(C)O)CC1. The molecule has 17 heavy (non-hydrogen) atoms. The van der Waals surface area contributed by atoms with Gasteiger partial charge in [-0.3, -0.25) is 4.79 Å². The van der Waals surface area contributed by atoms with Crippen LogP contribution >= 0.6 is 0 Å². The van der Waals surface area contributed by atoms with Crippen molar-refractivity contribution in [1.29, 1.82) is 0 Å². The van der Waals surface area contributed by atoms with Gasteiger partial charge in [0.05, 0.1) is 12.1 Å². The molecule has 1 aliphatic heterocycles. The molecule has 0 aromatic heterocycles. The number of ether oxygens (including phenoxy) is 1. The molecule has 3 N–H and O–H groups in total. The minimum Gasteiger partial charge on any atom is -0.393 e. The second kappa shape index (κ2) is 6.93. The number of amides is 1. The highest BCUT2D eigenvalue weighted by molar-refractivity contribution is 5.81. The van der Waals surface area contributed by atoms with Crippen molar-refractivity contribution in [2.24, 2.45) is 11.7 Å². The summed E-state index contributed by atoms with van der Waals surface area (Å²) < 4.78 is 4.91. The number of piperidine rings is 1. The lowest BCUT2D eigenvalue weighted by atomic mass is 9.92. The Morgan fingerprint density at radius 2 is 2.12 bits per heavy atom. The van der Waals surface area contributed by atoms with Crippen molar-refractivity contribution >= 4 is 5.91 Å². The van der Waals surface area contributed by atoms with E-state index >= 15 is 0 Å². The highest BCUT2D eigenvalue weighted by Gasteiger charge is 2.27. The summed E-state index contributed by atoms with van der Waals surface area (Å²) in [5.41, 5.74) is 5.81. The molecular formula is C12H24N2O3. The van der Waals surface area contributed by atoms with E-state index in [0.717, 1.165) is 12.8 Å². The fourth-order valence-corrected chi connectivity index (χ4v) is 2.21. The molecule has 0 aromatic carbocycles. The van der Waals surface area contributed by atoms with Crippen LogP contribution in [0.4, 0.5) is 0 Å². The van der Waals surface area contributed by atoms with Crippen molar-refractivity contribution in [2.45, 2.75) is 38.3 Å². The third kappa shape index (κ3) is 4.26. The first-order valence-electron chi connectivity index (χ1n) is 6.27. The number of nitrogens with two attached hydrogens (primary N) is 1. The molecule has 0 aliphatic carbocycles. The molecule has 0 spiro atoms. The summed E-state index contributed by atoms with van der Waals surface area (Å²) in [4.78, 5) is 13.8. The minimum atomic E-state index is -0.460. The number of carbonyl (C=O) groups is 1. The molecule has 1 saturated heterocycles. The summed E-state index contributed by atoms with van der Waals surface area (Å²) >= 11 is 0. The zero-order chi connectivity index (χ0) is 12.8. The van der Waals surface area contributed by atoms with Crippen LogP contribution in [-0.2, 0) is 9.53 Å². The number of methoxy groups -OCH3 is 1. The van der Waals surface area contributed by atoms with Crippen LogP contribution in [0.2, 0.25) is 0 Å². The quantitative estimate of drug-likeness (QED) is 0.712. The molecular weight excluding hydrogens is 220 g/mol. The van der Waals surface area contributed by atoms with Crippen LogP contribution in [0.15, 0.2) is 0 Å². The Kier molecular flexibility index (Phi) is 5.88. The molecule has 1 heterocycles. The standard InChI is InChI=1S/C12H24N2O3/c1-9(15)10-3-6-14(7-4-10)12(16)11(13)5-8-17-2/h9-11,15H,3-8,13H2,1-2H3. The van der Waals surface area contributed by atoms with Crippen LogP contribution < -0.4 is 5.73 Å². The molecule has 5 nitrogen and oxygen atoms in total. The molecule has 100 valence electrons. The monoisotopic (exact) mass is 244 g/mol. The number of hydrogen-bond acceptors (Lipinski definition) is 4. The van der Waals surface area contributed by atoms with Crippen LogP contribution in [0.25, 0.3) is 0 Å². The zero-order valence-corrected chi connectivity index (χ0v) is 10.8. The molecule has 0 bridgehead atoms. The first-order chi connectivity index (χ1) is 8.06. The Bertz CT molecular complexity index is 238. The Morgan fingerprint density at radius 1 is 1.53 bits per heavy atom. The summed E-state index contributed by atoms with van der Waals surface area (Å²) in [5.74, 6) is 0.320. The van der Waals surface area contributed by atoms with Gasteiger partial charge in [0.1, 0.15) is 0 Å². The fraction of sp³-hybridized carbons (Fsp3) is 0.917. The van der Waals surface area contributed by atoms with E-state index in [9.17, 15) is 9.90 Å². The normalized spacial score (nSPS) is 21.3.